The fourth-order valence-corrected chi connectivity index (χ4v) is 6.27. The molecule has 2 fully saturated rings. The number of rotatable bonds is 7. The molecule has 1 atom stereocenters. The highest BCUT2D eigenvalue weighted by Gasteiger charge is 2.35. The lowest BCUT2D eigenvalue weighted by atomic mass is 9.67. The molecular weight excluding hydrogens is 486 g/mol. The molecule has 2 aliphatic rings. The first-order chi connectivity index (χ1) is 17.8. The Labute approximate surface area is 219 Å². The molecule has 1 saturated heterocycles. The minimum atomic E-state index is -3.84. The van der Waals surface area contributed by atoms with Gasteiger partial charge in [-0.1, -0.05) is 44.9 Å². The molecule has 1 aromatic heterocycles. The van der Waals surface area contributed by atoms with Crippen molar-refractivity contribution in [3.8, 4) is 11.6 Å². The number of ether oxygens (including phenoxy) is 1. The maximum atomic E-state index is 13.0. The van der Waals surface area contributed by atoms with Crippen molar-refractivity contribution in [2.24, 2.45) is 5.41 Å². The topological polar surface area (TPSA) is 96.5 Å². The Morgan fingerprint density at radius 2 is 1.73 bits per heavy atom. The molecule has 2 heterocycles. The molecule has 0 bridgehead atoms. The molecule has 1 unspecified atom stereocenters. The largest absolute Gasteiger partial charge is 0.439 e. The fourth-order valence-electron chi connectivity index (χ4n) is 5.31. The monoisotopic (exact) mass is 521 g/mol. The first-order valence-electron chi connectivity index (χ1n) is 13.0. The van der Waals surface area contributed by atoms with Crippen LogP contribution in [-0.2, 0) is 10.0 Å². The van der Waals surface area contributed by atoms with Crippen LogP contribution in [0.5, 0.6) is 11.6 Å². The van der Waals surface area contributed by atoms with Gasteiger partial charge in [0, 0.05) is 43.9 Å². The number of piperazine rings is 1. The van der Waals surface area contributed by atoms with Gasteiger partial charge in [0.1, 0.15) is 5.75 Å². The van der Waals surface area contributed by atoms with Crippen LogP contribution < -0.4 is 19.7 Å². The van der Waals surface area contributed by atoms with E-state index in [1.807, 2.05) is 30.3 Å². The predicted octanol–water partition coefficient (Wildman–Crippen LogP) is 5.16. The number of hydrogen-bond acceptors (Lipinski definition) is 7. The maximum absolute atomic E-state index is 13.0. The summed E-state index contributed by atoms with van der Waals surface area (Å²) in [5, 5.41) is 3.37. The second-order valence-corrected chi connectivity index (χ2v) is 12.2. The minimum absolute atomic E-state index is 0.0233. The zero-order chi connectivity index (χ0) is 25.9. The zero-order valence-corrected chi connectivity index (χ0v) is 22.3. The minimum Gasteiger partial charge on any atom is -0.439 e. The molecule has 37 heavy (non-hydrogen) atoms. The third-order valence-electron chi connectivity index (χ3n) is 7.41. The van der Waals surface area contributed by atoms with Gasteiger partial charge in [-0.05, 0) is 54.7 Å². The highest BCUT2D eigenvalue weighted by atomic mass is 32.2. The maximum Gasteiger partial charge on any atom is 0.264 e. The lowest BCUT2D eigenvalue weighted by Crippen LogP contribution is -2.43. The van der Waals surface area contributed by atoms with Crippen LogP contribution in [0.1, 0.15) is 51.1 Å². The summed E-state index contributed by atoms with van der Waals surface area (Å²) in [5.74, 6) is 1.17. The third kappa shape index (κ3) is 6.05. The van der Waals surface area contributed by atoms with E-state index in [9.17, 15) is 8.42 Å². The number of aromatic nitrogens is 2. The Balaban J connectivity index is 1.44. The van der Waals surface area contributed by atoms with E-state index >= 15 is 0 Å². The molecule has 0 radical (unpaired) electrons. The SMILES string of the molecule is CC1(C)CCCCC1c1cc(Oc2ccc(N3CCNCC3)cc2)nc(NS(=O)(=O)c2ccccc2)n1. The first kappa shape index (κ1) is 25.5. The van der Waals surface area contributed by atoms with E-state index in [-0.39, 0.29) is 22.2 Å². The molecule has 9 heteroatoms. The van der Waals surface area contributed by atoms with Gasteiger partial charge in [-0.15, -0.1) is 0 Å². The van der Waals surface area contributed by atoms with E-state index in [1.165, 1.54) is 6.42 Å². The number of anilines is 2. The summed E-state index contributed by atoms with van der Waals surface area (Å²) in [6.45, 7) is 8.39. The Morgan fingerprint density at radius 1 is 1.00 bits per heavy atom. The summed E-state index contributed by atoms with van der Waals surface area (Å²) < 4.78 is 34.8. The van der Waals surface area contributed by atoms with Crippen molar-refractivity contribution in [3.63, 3.8) is 0 Å². The van der Waals surface area contributed by atoms with E-state index in [0.29, 0.717) is 11.6 Å². The molecule has 196 valence electrons. The molecule has 8 nitrogen and oxygen atoms in total. The van der Waals surface area contributed by atoms with Crippen molar-refractivity contribution in [3.05, 3.63) is 66.4 Å². The standard InChI is InChI=1S/C28H35N5O3S/c1-28(2)15-7-6-10-24(28)25-20-26(31-27(30-25)32-37(34,35)23-8-4-3-5-9-23)36-22-13-11-21(12-14-22)33-18-16-29-17-19-33/h3-5,8-9,11-14,20,24,29H,6-7,10,15-19H2,1-2H3,(H,30,31,32). The van der Waals surface area contributed by atoms with E-state index in [2.05, 4.69) is 38.8 Å². The van der Waals surface area contributed by atoms with Gasteiger partial charge in [0.2, 0.25) is 11.8 Å². The molecule has 0 amide bonds. The van der Waals surface area contributed by atoms with Crippen molar-refractivity contribution in [2.75, 3.05) is 35.8 Å². The Morgan fingerprint density at radius 3 is 2.43 bits per heavy atom. The van der Waals surface area contributed by atoms with Gasteiger partial charge in [0.15, 0.2) is 0 Å². The van der Waals surface area contributed by atoms with Crippen LogP contribution in [0.15, 0.2) is 65.6 Å². The molecule has 1 aliphatic carbocycles. The van der Waals surface area contributed by atoms with Crippen molar-refractivity contribution in [1.82, 2.24) is 15.3 Å². The number of nitrogens with zero attached hydrogens (tertiary/aromatic N) is 3. The van der Waals surface area contributed by atoms with Crippen molar-refractivity contribution in [2.45, 2.75) is 50.3 Å². The van der Waals surface area contributed by atoms with Gasteiger partial charge < -0.3 is 15.0 Å². The van der Waals surface area contributed by atoms with Crippen molar-refractivity contribution in [1.29, 1.82) is 0 Å². The summed E-state index contributed by atoms with van der Waals surface area (Å²) in [6, 6.07) is 18.1. The Kier molecular flexibility index (Phi) is 7.35. The molecule has 2 aromatic carbocycles. The number of benzene rings is 2. The lowest BCUT2D eigenvalue weighted by Gasteiger charge is -2.38. The van der Waals surface area contributed by atoms with Gasteiger partial charge in [-0.25, -0.2) is 18.1 Å². The van der Waals surface area contributed by atoms with Gasteiger partial charge in [-0.3, -0.25) is 0 Å². The van der Waals surface area contributed by atoms with Gasteiger partial charge in [0.05, 0.1) is 10.6 Å². The summed E-state index contributed by atoms with van der Waals surface area (Å²) in [5.41, 5.74) is 2.00. The van der Waals surface area contributed by atoms with Crippen LogP contribution in [0.2, 0.25) is 0 Å². The average molecular weight is 522 g/mol. The summed E-state index contributed by atoms with van der Waals surface area (Å²) in [7, 11) is -3.84. The van der Waals surface area contributed by atoms with Crippen LogP contribution in [0.4, 0.5) is 11.6 Å². The molecular formula is C28H35N5O3S. The molecule has 0 spiro atoms. The number of nitrogens with one attached hydrogen (secondary N) is 2. The second-order valence-electron chi connectivity index (χ2n) is 10.5. The molecule has 5 rings (SSSR count). The van der Waals surface area contributed by atoms with Gasteiger partial charge >= 0.3 is 0 Å². The lowest BCUT2D eigenvalue weighted by molar-refractivity contribution is 0.196. The van der Waals surface area contributed by atoms with Crippen LogP contribution in [0.25, 0.3) is 0 Å². The molecule has 3 aromatic rings. The van der Waals surface area contributed by atoms with E-state index in [0.717, 1.165) is 56.8 Å². The van der Waals surface area contributed by atoms with Crippen LogP contribution in [0.3, 0.4) is 0 Å². The highest BCUT2D eigenvalue weighted by molar-refractivity contribution is 7.92. The summed E-state index contributed by atoms with van der Waals surface area (Å²) in [6.07, 6.45) is 4.39. The number of sulfonamides is 1. The normalized spacial score (nSPS) is 19.8. The first-order valence-corrected chi connectivity index (χ1v) is 14.5. The predicted molar refractivity (Wildman–Crippen MR) is 146 cm³/mol. The average Bonchev–Trinajstić information content (AvgIpc) is 2.89. The van der Waals surface area contributed by atoms with E-state index in [4.69, 9.17) is 4.74 Å². The fraction of sp³-hybridized carbons (Fsp3) is 0.429. The van der Waals surface area contributed by atoms with Crippen molar-refractivity contribution < 1.29 is 13.2 Å². The van der Waals surface area contributed by atoms with Crippen LogP contribution >= 0.6 is 0 Å². The smallest absolute Gasteiger partial charge is 0.264 e. The molecule has 1 saturated carbocycles. The van der Waals surface area contributed by atoms with Crippen molar-refractivity contribution >= 4 is 21.7 Å². The summed E-state index contributed by atoms with van der Waals surface area (Å²) >= 11 is 0. The quantitative estimate of drug-likeness (QED) is 0.443. The zero-order valence-electron chi connectivity index (χ0n) is 21.5. The third-order valence-corrected chi connectivity index (χ3v) is 8.75. The van der Waals surface area contributed by atoms with Gasteiger partial charge in [-0.2, -0.15) is 4.98 Å². The van der Waals surface area contributed by atoms with E-state index < -0.39 is 10.0 Å². The Bertz CT molecular complexity index is 1310. The molecule has 1 aliphatic heterocycles. The van der Waals surface area contributed by atoms with Crippen LogP contribution in [0, 0.1) is 5.41 Å². The van der Waals surface area contributed by atoms with Gasteiger partial charge in [0.25, 0.3) is 10.0 Å². The second kappa shape index (κ2) is 10.7. The van der Waals surface area contributed by atoms with E-state index in [1.54, 1.807) is 30.3 Å². The number of hydrogen-bond donors (Lipinski definition) is 2. The summed E-state index contributed by atoms with van der Waals surface area (Å²) in [4.78, 5) is 11.6. The Hall–Kier alpha value is -3.17. The molecule has 2 N–H and O–H groups in total. The van der Waals surface area contributed by atoms with Crippen LogP contribution in [-0.4, -0.2) is 44.6 Å². The highest BCUT2D eigenvalue weighted by Crippen LogP contribution is 2.47.